The second kappa shape index (κ2) is 15.8. The van der Waals surface area contributed by atoms with E-state index < -0.39 is 23.8 Å². The average molecular weight is 410 g/mol. The van der Waals surface area contributed by atoms with Gasteiger partial charge in [-0.3, -0.25) is 14.5 Å². The third-order valence-corrected chi connectivity index (χ3v) is 4.29. The molecule has 2 atom stereocenters. The number of aliphatic hydroxyl groups excluding tert-OH is 3. The number of esters is 2. The number of rotatable bonds is 10. The Morgan fingerprint density at radius 2 is 1.41 bits per heavy atom. The van der Waals surface area contributed by atoms with E-state index in [2.05, 4.69) is 0 Å². The van der Waals surface area contributed by atoms with Crippen molar-refractivity contribution in [2.45, 2.75) is 27.7 Å². The van der Waals surface area contributed by atoms with Crippen LogP contribution < -0.4 is 0 Å². The molecular weight excluding hydrogens is 374 g/mol. The van der Waals surface area contributed by atoms with Crippen LogP contribution >= 0.6 is 0 Å². The summed E-state index contributed by atoms with van der Waals surface area (Å²) in [4.78, 5) is 25.4. The third-order valence-electron chi connectivity index (χ3n) is 4.29. The molecule has 1 heterocycles. The topological polar surface area (TPSA) is 107 Å². The number of hydrogen-bond acceptors (Lipinski definition) is 7. The lowest BCUT2D eigenvalue weighted by molar-refractivity contribution is -0.153. The minimum absolute atomic E-state index is 0.0694. The van der Waals surface area contributed by atoms with Crippen molar-refractivity contribution in [3.05, 3.63) is 47.6 Å². The molecule has 1 saturated heterocycles. The molecule has 0 radical (unpaired) electrons. The highest BCUT2D eigenvalue weighted by Crippen LogP contribution is 2.33. The van der Waals surface area contributed by atoms with Crippen LogP contribution in [0.25, 0.3) is 0 Å². The first-order chi connectivity index (χ1) is 13.9. The zero-order chi connectivity index (χ0) is 22.2. The second-order valence-corrected chi connectivity index (χ2v) is 6.42. The van der Waals surface area contributed by atoms with Crippen molar-refractivity contribution in [2.24, 2.45) is 11.8 Å². The van der Waals surface area contributed by atoms with Crippen molar-refractivity contribution in [3.63, 3.8) is 0 Å². The molecule has 0 aliphatic carbocycles. The van der Waals surface area contributed by atoms with Gasteiger partial charge in [0.25, 0.3) is 0 Å². The van der Waals surface area contributed by atoms with E-state index in [0.717, 1.165) is 11.1 Å². The van der Waals surface area contributed by atoms with Crippen molar-refractivity contribution in [2.75, 3.05) is 39.5 Å². The highest BCUT2D eigenvalue weighted by molar-refractivity contribution is 5.99. The molecule has 0 amide bonds. The lowest BCUT2D eigenvalue weighted by atomic mass is 9.84. The maximum atomic E-state index is 11.9. The summed E-state index contributed by atoms with van der Waals surface area (Å²) < 4.78 is 4.77. The van der Waals surface area contributed by atoms with Gasteiger partial charge in [0.2, 0.25) is 0 Å². The van der Waals surface area contributed by atoms with E-state index in [-0.39, 0.29) is 19.8 Å². The molecule has 2 unspecified atom stereocenters. The largest absolute Gasteiger partial charge is 0.395 e. The van der Waals surface area contributed by atoms with Crippen LogP contribution in [0.3, 0.4) is 0 Å². The second-order valence-electron chi connectivity index (χ2n) is 6.42. The lowest BCUT2D eigenvalue weighted by Crippen LogP contribution is -2.32. The fourth-order valence-corrected chi connectivity index (χ4v) is 3.00. The number of carbonyl (C=O) groups excluding carboxylic acids is 2. The zero-order valence-corrected chi connectivity index (χ0v) is 17.9. The number of ether oxygens (including phenoxy) is 1. The van der Waals surface area contributed by atoms with Crippen molar-refractivity contribution in [1.82, 2.24) is 4.90 Å². The monoisotopic (exact) mass is 409 g/mol. The Kier molecular flexibility index (Phi) is 14.7. The van der Waals surface area contributed by atoms with Gasteiger partial charge in [-0.2, -0.15) is 0 Å². The van der Waals surface area contributed by atoms with Gasteiger partial charge in [-0.05, 0) is 38.8 Å². The summed E-state index contributed by atoms with van der Waals surface area (Å²) in [5.41, 5.74) is 1.80. The first-order valence-corrected chi connectivity index (χ1v) is 9.81. The quantitative estimate of drug-likeness (QED) is 0.218. The smallest absolute Gasteiger partial charge is 0.322 e. The third kappa shape index (κ3) is 9.32. The number of hydrogen-bond donors (Lipinski definition) is 3. The maximum Gasteiger partial charge on any atom is 0.322 e. The highest BCUT2D eigenvalue weighted by Gasteiger charge is 2.44. The molecule has 0 spiro atoms. The molecule has 0 aromatic heterocycles. The maximum absolute atomic E-state index is 11.9. The van der Waals surface area contributed by atoms with Gasteiger partial charge in [-0.1, -0.05) is 36.5 Å². The van der Waals surface area contributed by atoms with Gasteiger partial charge in [0.05, 0.1) is 31.7 Å². The van der Waals surface area contributed by atoms with Crippen LogP contribution in [0.2, 0.25) is 0 Å². The van der Waals surface area contributed by atoms with Gasteiger partial charge in [0.1, 0.15) is 0 Å². The van der Waals surface area contributed by atoms with Crippen LogP contribution in [0.5, 0.6) is 0 Å². The standard InChI is InChI=1S/C16H20O3.C6H15NO3/c1-5-8-11(4)12(9-6-2)14-13(10-7-3)15(17)19-16(14)18;8-4-1-7(2-5-9)3-6-10/h5-10,13-14H,1-4H3;8-10H,1-6H2/b8-5+,9-6+,10-7+,12-11-;. The van der Waals surface area contributed by atoms with E-state index in [1.54, 1.807) is 17.1 Å². The van der Waals surface area contributed by atoms with Gasteiger partial charge in [0, 0.05) is 19.6 Å². The molecule has 29 heavy (non-hydrogen) atoms. The summed E-state index contributed by atoms with van der Waals surface area (Å²) in [6.45, 7) is 9.31. The Balaban J connectivity index is 0.000000665. The SMILES string of the molecule is C/C=C/C(C)=C(/C=C/C)C1C(=O)OC(=O)C1/C=C/C.OCCN(CCO)CCO. The van der Waals surface area contributed by atoms with Crippen molar-refractivity contribution in [3.8, 4) is 0 Å². The van der Waals surface area contributed by atoms with Crippen LogP contribution in [0, 0.1) is 11.8 Å². The number of carbonyl (C=O) groups is 2. The summed E-state index contributed by atoms with van der Waals surface area (Å²) in [6.07, 6.45) is 11.1. The van der Waals surface area contributed by atoms with Crippen LogP contribution in [0.1, 0.15) is 27.7 Å². The molecule has 0 bridgehead atoms. The van der Waals surface area contributed by atoms with Crippen LogP contribution in [-0.4, -0.2) is 71.6 Å². The first-order valence-electron chi connectivity index (χ1n) is 9.81. The van der Waals surface area contributed by atoms with Gasteiger partial charge >= 0.3 is 11.9 Å². The molecular formula is C22H35NO6. The summed E-state index contributed by atoms with van der Waals surface area (Å²) in [7, 11) is 0. The zero-order valence-electron chi connectivity index (χ0n) is 17.9. The van der Waals surface area contributed by atoms with Crippen LogP contribution in [0.4, 0.5) is 0 Å². The van der Waals surface area contributed by atoms with E-state index in [9.17, 15) is 9.59 Å². The summed E-state index contributed by atoms with van der Waals surface area (Å²) >= 11 is 0. The first kappa shape index (κ1) is 26.9. The minimum atomic E-state index is -0.545. The van der Waals surface area contributed by atoms with Crippen LogP contribution in [0.15, 0.2) is 47.6 Å². The molecule has 3 N–H and O–H groups in total. The molecule has 1 aliphatic rings. The molecule has 7 nitrogen and oxygen atoms in total. The number of aliphatic hydroxyl groups is 3. The van der Waals surface area contributed by atoms with Crippen LogP contribution in [-0.2, 0) is 14.3 Å². The average Bonchev–Trinajstić information content (AvgIpc) is 2.95. The van der Waals surface area contributed by atoms with Gasteiger partial charge in [-0.25, -0.2) is 0 Å². The van der Waals surface area contributed by atoms with Gasteiger partial charge in [0.15, 0.2) is 0 Å². The Morgan fingerprint density at radius 3 is 1.83 bits per heavy atom. The van der Waals surface area contributed by atoms with E-state index in [1.165, 1.54) is 0 Å². The summed E-state index contributed by atoms with van der Waals surface area (Å²) in [5, 5.41) is 25.5. The molecule has 0 aromatic rings. The summed E-state index contributed by atoms with van der Waals surface area (Å²) in [5.74, 6) is -2.01. The molecule has 1 fully saturated rings. The Bertz CT molecular complexity index is 607. The van der Waals surface area contributed by atoms with Crippen molar-refractivity contribution < 1.29 is 29.6 Å². The fraction of sp³-hybridized carbons (Fsp3) is 0.545. The van der Waals surface area contributed by atoms with E-state index >= 15 is 0 Å². The highest BCUT2D eigenvalue weighted by atomic mass is 16.6. The van der Waals surface area contributed by atoms with Gasteiger partial charge < -0.3 is 20.1 Å². The fourth-order valence-electron chi connectivity index (χ4n) is 3.00. The van der Waals surface area contributed by atoms with E-state index in [0.29, 0.717) is 19.6 Å². The minimum Gasteiger partial charge on any atom is -0.395 e. The van der Waals surface area contributed by atoms with Crippen molar-refractivity contribution in [1.29, 1.82) is 0 Å². The number of allylic oxidation sites excluding steroid dienone is 6. The predicted molar refractivity (Wildman–Crippen MR) is 113 cm³/mol. The van der Waals surface area contributed by atoms with E-state index in [1.807, 2.05) is 52.0 Å². The molecule has 1 aliphatic heterocycles. The Labute approximate surface area is 173 Å². The molecule has 7 heteroatoms. The van der Waals surface area contributed by atoms with Crippen molar-refractivity contribution >= 4 is 11.9 Å². The van der Waals surface area contributed by atoms with Gasteiger partial charge in [-0.15, -0.1) is 0 Å². The lowest BCUT2D eigenvalue weighted by Gasteiger charge is -2.17. The van der Waals surface area contributed by atoms with E-state index in [4.69, 9.17) is 20.1 Å². The Morgan fingerprint density at radius 1 is 0.897 bits per heavy atom. The molecule has 0 saturated carbocycles. The molecule has 1 rings (SSSR count). The predicted octanol–water partition coefficient (Wildman–Crippen LogP) is 1.61. The molecule has 164 valence electrons. The number of nitrogens with zero attached hydrogens (tertiary/aromatic N) is 1. The summed E-state index contributed by atoms with van der Waals surface area (Å²) in [6, 6.07) is 0. The normalized spacial score (nSPS) is 20.6. The molecule has 0 aromatic carbocycles. The number of cyclic esters (lactones) is 2. The Hall–Kier alpha value is -2.06.